The molecule has 0 fully saturated rings. The lowest BCUT2D eigenvalue weighted by Crippen LogP contribution is -2.12. The van der Waals surface area contributed by atoms with E-state index in [9.17, 15) is 19.7 Å². The fraction of sp³-hybridized carbons (Fsp3) is 0. The Bertz CT molecular complexity index is 677. The summed E-state index contributed by atoms with van der Waals surface area (Å²) in [5, 5.41) is 14.5. The highest BCUT2D eigenvalue weighted by Crippen LogP contribution is 2.19. The van der Waals surface area contributed by atoms with Gasteiger partial charge in [-0.2, -0.15) is 5.10 Å². The maximum Gasteiger partial charge on any atom is 0.270 e. The van der Waals surface area contributed by atoms with Crippen LogP contribution < -0.4 is 5.73 Å². The van der Waals surface area contributed by atoms with E-state index in [1.165, 1.54) is 29.1 Å². The second-order valence-electron chi connectivity index (χ2n) is 3.63. The summed E-state index contributed by atoms with van der Waals surface area (Å²) in [5.74, 6) is -0.701. The van der Waals surface area contributed by atoms with Gasteiger partial charge in [-0.05, 0) is 12.1 Å². The number of aromatic nitrogens is 2. The first-order valence-electron chi connectivity index (χ1n) is 5.12. The number of non-ortho nitro benzene ring substituents is 1. The van der Waals surface area contributed by atoms with Crippen LogP contribution in [0.2, 0.25) is 0 Å². The van der Waals surface area contributed by atoms with Crippen LogP contribution in [-0.4, -0.2) is 26.9 Å². The average molecular weight is 260 g/mol. The Kier molecular flexibility index (Phi) is 3.06. The fourth-order valence-corrected chi connectivity index (χ4v) is 1.55. The molecule has 0 radical (unpaired) electrons. The molecule has 1 amide bonds. The summed E-state index contributed by atoms with van der Waals surface area (Å²) in [6.07, 6.45) is 1.92. The van der Waals surface area contributed by atoms with Crippen LogP contribution in [0.3, 0.4) is 0 Å². The molecule has 2 rings (SSSR count). The summed E-state index contributed by atoms with van der Waals surface area (Å²) >= 11 is 0. The summed E-state index contributed by atoms with van der Waals surface area (Å²) in [4.78, 5) is 31.9. The molecule has 2 N–H and O–H groups in total. The average Bonchev–Trinajstić information content (AvgIpc) is 2.87. The number of aldehydes is 1. The molecule has 0 spiro atoms. The van der Waals surface area contributed by atoms with Crippen LogP contribution in [0.4, 0.5) is 5.69 Å². The number of primary amides is 1. The van der Waals surface area contributed by atoms with E-state index < -0.39 is 10.8 Å². The van der Waals surface area contributed by atoms with Gasteiger partial charge in [-0.25, -0.2) is 4.68 Å². The van der Waals surface area contributed by atoms with Crippen molar-refractivity contribution in [3.05, 3.63) is 51.8 Å². The molecule has 0 bridgehead atoms. The van der Waals surface area contributed by atoms with Crippen molar-refractivity contribution in [3.8, 4) is 5.69 Å². The lowest BCUT2D eigenvalue weighted by atomic mass is 10.2. The number of amides is 1. The fourth-order valence-electron chi connectivity index (χ4n) is 1.55. The Balaban J connectivity index is 2.52. The van der Waals surface area contributed by atoms with Crippen molar-refractivity contribution >= 4 is 17.9 Å². The zero-order chi connectivity index (χ0) is 14.0. The SMILES string of the molecule is NC(=O)c1ccn(-c2ccc([N+](=O)[O-])cc2C=O)n1. The van der Waals surface area contributed by atoms with E-state index in [-0.39, 0.29) is 16.9 Å². The maximum atomic E-state index is 11.0. The quantitative estimate of drug-likeness (QED) is 0.492. The van der Waals surface area contributed by atoms with Crippen LogP contribution in [-0.2, 0) is 0 Å². The first kappa shape index (κ1) is 12.4. The van der Waals surface area contributed by atoms with Crippen molar-refractivity contribution in [3.63, 3.8) is 0 Å². The van der Waals surface area contributed by atoms with Gasteiger partial charge in [0.25, 0.3) is 11.6 Å². The highest BCUT2D eigenvalue weighted by Gasteiger charge is 2.13. The summed E-state index contributed by atoms with van der Waals surface area (Å²) < 4.78 is 1.26. The second-order valence-corrected chi connectivity index (χ2v) is 3.63. The molecular formula is C11H8N4O4. The molecular weight excluding hydrogens is 252 g/mol. The van der Waals surface area contributed by atoms with Gasteiger partial charge in [-0.15, -0.1) is 0 Å². The molecule has 0 unspecified atom stereocenters. The van der Waals surface area contributed by atoms with Crippen LogP contribution in [0.5, 0.6) is 0 Å². The molecule has 0 aliphatic heterocycles. The number of benzene rings is 1. The molecule has 0 aliphatic carbocycles. The minimum absolute atomic E-state index is 0.0372. The minimum atomic E-state index is -0.701. The summed E-state index contributed by atoms with van der Waals surface area (Å²) in [5.41, 5.74) is 5.32. The van der Waals surface area contributed by atoms with Crippen molar-refractivity contribution in [2.45, 2.75) is 0 Å². The first-order chi connectivity index (χ1) is 9.02. The second kappa shape index (κ2) is 4.69. The van der Waals surface area contributed by atoms with E-state index in [4.69, 9.17) is 5.73 Å². The Morgan fingerprint density at radius 2 is 2.16 bits per heavy atom. The predicted molar refractivity (Wildman–Crippen MR) is 64.1 cm³/mol. The predicted octanol–water partition coefficient (Wildman–Crippen LogP) is 0.692. The number of nitrogens with two attached hydrogens (primary N) is 1. The van der Waals surface area contributed by atoms with Crippen molar-refractivity contribution in [2.75, 3.05) is 0 Å². The number of hydrogen-bond acceptors (Lipinski definition) is 5. The first-order valence-corrected chi connectivity index (χ1v) is 5.12. The lowest BCUT2D eigenvalue weighted by Gasteiger charge is -2.04. The van der Waals surface area contributed by atoms with E-state index in [0.29, 0.717) is 12.0 Å². The van der Waals surface area contributed by atoms with Gasteiger partial charge < -0.3 is 5.73 Å². The Labute approximate surface area is 106 Å². The highest BCUT2D eigenvalue weighted by atomic mass is 16.6. The van der Waals surface area contributed by atoms with Gasteiger partial charge in [0.15, 0.2) is 6.29 Å². The van der Waals surface area contributed by atoms with Gasteiger partial charge in [0.05, 0.1) is 10.6 Å². The van der Waals surface area contributed by atoms with Gasteiger partial charge in [0.1, 0.15) is 5.69 Å². The van der Waals surface area contributed by atoms with Crippen molar-refractivity contribution < 1.29 is 14.5 Å². The molecule has 96 valence electrons. The molecule has 2 aromatic rings. The van der Waals surface area contributed by atoms with E-state index in [2.05, 4.69) is 5.10 Å². The third-order valence-electron chi connectivity index (χ3n) is 2.44. The molecule has 0 saturated heterocycles. The molecule has 8 heteroatoms. The smallest absolute Gasteiger partial charge is 0.270 e. The van der Waals surface area contributed by atoms with Crippen molar-refractivity contribution in [2.24, 2.45) is 5.73 Å². The van der Waals surface area contributed by atoms with E-state index in [1.54, 1.807) is 0 Å². The monoisotopic (exact) mass is 260 g/mol. The van der Waals surface area contributed by atoms with Crippen LogP contribution in [0.25, 0.3) is 5.69 Å². The minimum Gasteiger partial charge on any atom is -0.364 e. The summed E-state index contributed by atoms with van der Waals surface area (Å²) in [7, 11) is 0. The van der Waals surface area contributed by atoms with Crippen LogP contribution in [0, 0.1) is 10.1 Å². The number of carbonyl (C=O) groups excluding carboxylic acids is 2. The number of hydrogen-bond donors (Lipinski definition) is 1. The molecule has 19 heavy (non-hydrogen) atoms. The molecule has 1 aromatic heterocycles. The topological polar surface area (TPSA) is 121 Å². The number of nitro benzene ring substituents is 1. The lowest BCUT2D eigenvalue weighted by molar-refractivity contribution is -0.384. The standard InChI is InChI=1S/C11H8N4O4/c12-11(17)9-3-4-14(13-9)10-2-1-8(15(18)19)5-7(10)6-16/h1-6H,(H2,12,17). The number of nitro groups is 1. The van der Waals surface area contributed by atoms with Gasteiger partial charge in [0, 0.05) is 23.9 Å². The third-order valence-corrected chi connectivity index (χ3v) is 2.44. The number of rotatable bonds is 4. The molecule has 1 aromatic carbocycles. The number of carbonyl (C=O) groups is 2. The maximum absolute atomic E-state index is 11.0. The summed E-state index contributed by atoms with van der Waals surface area (Å²) in [6.45, 7) is 0. The molecule has 1 heterocycles. The Morgan fingerprint density at radius 1 is 1.42 bits per heavy atom. The molecule has 0 saturated carbocycles. The van der Waals surface area contributed by atoms with E-state index >= 15 is 0 Å². The van der Waals surface area contributed by atoms with Crippen molar-refractivity contribution in [1.82, 2.24) is 9.78 Å². The zero-order valence-corrected chi connectivity index (χ0v) is 9.52. The van der Waals surface area contributed by atoms with Gasteiger partial charge in [-0.3, -0.25) is 19.7 Å². The van der Waals surface area contributed by atoms with Gasteiger partial charge in [-0.1, -0.05) is 0 Å². The third kappa shape index (κ3) is 2.32. The Hall–Kier alpha value is -3.03. The van der Waals surface area contributed by atoms with E-state index in [0.717, 1.165) is 6.07 Å². The zero-order valence-electron chi connectivity index (χ0n) is 9.52. The van der Waals surface area contributed by atoms with Crippen molar-refractivity contribution in [1.29, 1.82) is 0 Å². The normalized spacial score (nSPS) is 10.1. The molecule has 0 atom stereocenters. The Morgan fingerprint density at radius 3 is 2.68 bits per heavy atom. The number of nitrogens with zero attached hydrogens (tertiary/aromatic N) is 3. The molecule has 0 aliphatic rings. The highest BCUT2D eigenvalue weighted by molar-refractivity contribution is 5.90. The van der Waals surface area contributed by atoms with Crippen LogP contribution in [0.1, 0.15) is 20.8 Å². The van der Waals surface area contributed by atoms with Gasteiger partial charge >= 0.3 is 0 Å². The van der Waals surface area contributed by atoms with Crippen LogP contribution >= 0.6 is 0 Å². The van der Waals surface area contributed by atoms with Gasteiger partial charge in [0.2, 0.25) is 0 Å². The molecule has 8 nitrogen and oxygen atoms in total. The van der Waals surface area contributed by atoms with E-state index in [1.807, 2.05) is 0 Å². The largest absolute Gasteiger partial charge is 0.364 e. The van der Waals surface area contributed by atoms with Crippen LogP contribution in [0.15, 0.2) is 30.5 Å². The summed E-state index contributed by atoms with van der Waals surface area (Å²) in [6, 6.07) is 5.14.